The summed E-state index contributed by atoms with van der Waals surface area (Å²) in [6.07, 6.45) is 13.9. The van der Waals surface area contributed by atoms with Gasteiger partial charge in [-0.2, -0.15) is 0 Å². The SMILES string of the molecule is O=C(NCc1ccco1)C1CN2CCC1CC2Cn1cc(CC2CCCCC2)nn1. The zero-order valence-corrected chi connectivity index (χ0v) is 17.7. The number of amides is 1. The molecule has 1 amide bonds. The maximum absolute atomic E-state index is 12.7. The topological polar surface area (TPSA) is 76.2 Å². The molecule has 4 unspecified atom stereocenters. The van der Waals surface area contributed by atoms with Gasteiger partial charge in [-0.25, -0.2) is 0 Å². The number of rotatable bonds is 7. The molecule has 2 bridgehead atoms. The summed E-state index contributed by atoms with van der Waals surface area (Å²) in [6.45, 7) is 3.29. The number of nitrogens with one attached hydrogen (secondary N) is 1. The van der Waals surface area contributed by atoms with Crippen molar-refractivity contribution in [1.29, 1.82) is 0 Å². The smallest absolute Gasteiger partial charge is 0.225 e. The van der Waals surface area contributed by atoms with E-state index in [1.165, 1.54) is 32.1 Å². The highest BCUT2D eigenvalue weighted by Gasteiger charge is 2.43. The van der Waals surface area contributed by atoms with E-state index in [1.54, 1.807) is 6.26 Å². The molecule has 2 aromatic heterocycles. The summed E-state index contributed by atoms with van der Waals surface area (Å²) in [6, 6.07) is 4.21. The standard InChI is InChI=1S/C23H33N5O2/c29-23(24-13-21-7-4-10-30-21)22-16-27-9-8-18(22)12-20(27)15-28-14-19(25-26-28)11-17-5-2-1-3-6-17/h4,7,10,14,17-18,20,22H,1-3,5-6,8-9,11-13,15-16H2,(H,24,29). The molecular weight excluding hydrogens is 378 g/mol. The first-order chi connectivity index (χ1) is 14.7. The molecule has 0 radical (unpaired) electrons. The lowest BCUT2D eigenvalue weighted by atomic mass is 9.75. The molecule has 4 atom stereocenters. The first-order valence-corrected chi connectivity index (χ1v) is 11.7. The van der Waals surface area contributed by atoms with Gasteiger partial charge < -0.3 is 9.73 Å². The van der Waals surface area contributed by atoms with E-state index in [-0.39, 0.29) is 11.8 Å². The zero-order valence-electron chi connectivity index (χ0n) is 17.7. The molecule has 4 fully saturated rings. The van der Waals surface area contributed by atoms with Crippen molar-refractivity contribution in [2.45, 2.75) is 70.5 Å². The number of carbonyl (C=O) groups is 1. The number of nitrogens with zero attached hydrogens (tertiary/aromatic N) is 4. The lowest BCUT2D eigenvalue weighted by molar-refractivity contribution is -0.133. The van der Waals surface area contributed by atoms with Crippen LogP contribution in [-0.2, 0) is 24.3 Å². The molecule has 7 nitrogen and oxygen atoms in total. The van der Waals surface area contributed by atoms with Gasteiger partial charge in [-0.05, 0) is 49.8 Å². The van der Waals surface area contributed by atoms with Crippen molar-refractivity contribution in [2.75, 3.05) is 13.1 Å². The number of piperidine rings is 3. The van der Waals surface area contributed by atoms with Gasteiger partial charge in [-0.1, -0.05) is 37.3 Å². The summed E-state index contributed by atoms with van der Waals surface area (Å²) < 4.78 is 7.36. The van der Waals surface area contributed by atoms with Crippen molar-refractivity contribution in [3.05, 3.63) is 36.0 Å². The Balaban J connectivity index is 1.13. The predicted molar refractivity (Wildman–Crippen MR) is 112 cm³/mol. The third-order valence-corrected chi connectivity index (χ3v) is 7.44. The summed E-state index contributed by atoms with van der Waals surface area (Å²) in [7, 11) is 0. The first kappa shape index (κ1) is 19.8. The van der Waals surface area contributed by atoms with Gasteiger partial charge in [0.05, 0.1) is 31.0 Å². The summed E-state index contributed by atoms with van der Waals surface area (Å²) >= 11 is 0. The van der Waals surface area contributed by atoms with E-state index in [0.717, 1.165) is 56.3 Å². The van der Waals surface area contributed by atoms with Gasteiger partial charge in [0.2, 0.25) is 5.91 Å². The molecule has 3 aliphatic heterocycles. The van der Waals surface area contributed by atoms with Crippen LogP contribution in [0.4, 0.5) is 0 Å². The fourth-order valence-electron chi connectivity index (χ4n) is 5.77. The van der Waals surface area contributed by atoms with Crippen LogP contribution in [0, 0.1) is 17.8 Å². The van der Waals surface area contributed by atoms with Crippen LogP contribution in [0.1, 0.15) is 56.4 Å². The minimum atomic E-state index is 0.0857. The molecule has 1 aliphatic carbocycles. The monoisotopic (exact) mass is 411 g/mol. The van der Waals surface area contributed by atoms with Crippen LogP contribution >= 0.6 is 0 Å². The molecule has 5 heterocycles. The van der Waals surface area contributed by atoms with Crippen molar-refractivity contribution < 1.29 is 9.21 Å². The third kappa shape index (κ3) is 4.46. The highest BCUT2D eigenvalue weighted by atomic mass is 16.3. The Morgan fingerprint density at radius 3 is 2.90 bits per heavy atom. The Kier molecular flexibility index (Phi) is 5.88. The zero-order chi connectivity index (χ0) is 20.3. The molecule has 2 aromatic rings. The molecule has 1 saturated carbocycles. The van der Waals surface area contributed by atoms with E-state index in [0.29, 0.717) is 18.5 Å². The van der Waals surface area contributed by atoms with Gasteiger partial charge in [0.15, 0.2) is 0 Å². The second kappa shape index (κ2) is 8.92. The Morgan fingerprint density at radius 2 is 2.13 bits per heavy atom. The number of fused-ring (bicyclic) bond motifs is 3. The summed E-state index contributed by atoms with van der Waals surface area (Å²) in [4.78, 5) is 15.2. The van der Waals surface area contributed by atoms with E-state index >= 15 is 0 Å². The highest BCUT2D eigenvalue weighted by molar-refractivity contribution is 5.79. The van der Waals surface area contributed by atoms with Crippen LogP contribution in [0.15, 0.2) is 29.0 Å². The Hall–Kier alpha value is -2.15. The van der Waals surface area contributed by atoms with Crippen LogP contribution in [0.5, 0.6) is 0 Å². The minimum Gasteiger partial charge on any atom is -0.467 e. The second-order valence-electron chi connectivity index (χ2n) is 9.48. The lowest BCUT2D eigenvalue weighted by Crippen LogP contribution is -2.57. The van der Waals surface area contributed by atoms with Crippen LogP contribution in [-0.4, -0.2) is 44.9 Å². The molecule has 6 rings (SSSR count). The summed E-state index contributed by atoms with van der Waals surface area (Å²) in [5, 5.41) is 11.9. The Bertz CT molecular complexity index is 827. The van der Waals surface area contributed by atoms with Crippen LogP contribution in [0.25, 0.3) is 0 Å². The van der Waals surface area contributed by atoms with Crippen molar-refractivity contribution in [2.24, 2.45) is 17.8 Å². The maximum Gasteiger partial charge on any atom is 0.225 e. The summed E-state index contributed by atoms with van der Waals surface area (Å²) in [5.74, 6) is 2.30. The first-order valence-electron chi connectivity index (χ1n) is 11.7. The van der Waals surface area contributed by atoms with E-state index < -0.39 is 0 Å². The molecule has 30 heavy (non-hydrogen) atoms. The molecule has 3 saturated heterocycles. The molecule has 1 N–H and O–H groups in total. The Morgan fingerprint density at radius 1 is 1.23 bits per heavy atom. The van der Waals surface area contributed by atoms with E-state index in [4.69, 9.17) is 4.42 Å². The van der Waals surface area contributed by atoms with Crippen LogP contribution < -0.4 is 5.32 Å². The number of hydrogen-bond acceptors (Lipinski definition) is 5. The predicted octanol–water partition coefficient (Wildman–Crippen LogP) is 3.02. The average Bonchev–Trinajstić information content (AvgIpc) is 3.45. The van der Waals surface area contributed by atoms with Gasteiger partial charge in [-0.15, -0.1) is 5.10 Å². The normalized spacial score (nSPS) is 29.2. The van der Waals surface area contributed by atoms with E-state index in [9.17, 15) is 4.79 Å². The molecule has 4 aliphatic rings. The molecule has 0 aromatic carbocycles. The molecule has 0 spiro atoms. The van der Waals surface area contributed by atoms with Crippen molar-refractivity contribution in [1.82, 2.24) is 25.2 Å². The largest absolute Gasteiger partial charge is 0.467 e. The molecular formula is C23H33N5O2. The number of furan rings is 1. The lowest BCUT2D eigenvalue weighted by Gasteiger charge is -2.49. The average molecular weight is 412 g/mol. The van der Waals surface area contributed by atoms with Gasteiger partial charge >= 0.3 is 0 Å². The fourth-order valence-corrected chi connectivity index (χ4v) is 5.77. The molecule has 162 valence electrons. The van der Waals surface area contributed by atoms with Crippen molar-refractivity contribution in [3.8, 4) is 0 Å². The van der Waals surface area contributed by atoms with E-state index in [2.05, 4.69) is 26.7 Å². The van der Waals surface area contributed by atoms with Crippen LogP contribution in [0.3, 0.4) is 0 Å². The highest BCUT2D eigenvalue weighted by Crippen LogP contribution is 2.37. The van der Waals surface area contributed by atoms with Gasteiger partial charge in [0.25, 0.3) is 0 Å². The maximum atomic E-state index is 12.7. The minimum absolute atomic E-state index is 0.0857. The summed E-state index contributed by atoms with van der Waals surface area (Å²) in [5.41, 5.74) is 1.15. The van der Waals surface area contributed by atoms with Gasteiger partial charge in [0.1, 0.15) is 5.76 Å². The number of carbonyl (C=O) groups excluding carboxylic acids is 1. The Labute approximate surface area is 178 Å². The van der Waals surface area contributed by atoms with Gasteiger partial charge in [-0.3, -0.25) is 14.4 Å². The van der Waals surface area contributed by atoms with Crippen molar-refractivity contribution >= 4 is 5.91 Å². The van der Waals surface area contributed by atoms with Crippen LogP contribution in [0.2, 0.25) is 0 Å². The van der Waals surface area contributed by atoms with E-state index in [1.807, 2.05) is 16.8 Å². The van der Waals surface area contributed by atoms with Gasteiger partial charge in [0, 0.05) is 18.8 Å². The second-order valence-corrected chi connectivity index (χ2v) is 9.48. The quantitative estimate of drug-likeness (QED) is 0.758. The fraction of sp³-hybridized carbons (Fsp3) is 0.696. The number of aromatic nitrogens is 3. The molecule has 7 heteroatoms. The number of hydrogen-bond donors (Lipinski definition) is 1. The van der Waals surface area contributed by atoms with Crippen molar-refractivity contribution in [3.63, 3.8) is 0 Å². The third-order valence-electron chi connectivity index (χ3n) is 7.44.